The maximum absolute atomic E-state index is 6.14. The van der Waals surface area contributed by atoms with E-state index in [1.165, 1.54) is 12.8 Å². The monoisotopic (exact) mass is 249 g/mol. The van der Waals surface area contributed by atoms with E-state index in [2.05, 4.69) is 36.3 Å². The average molecular weight is 249 g/mol. The summed E-state index contributed by atoms with van der Waals surface area (Å²) in [5.41, 5.74) is 10.7. The summed E-state index contributed by atoms with van der Waals surface area (Å²) in [6.07, 6.45) is 3.47. The molecule has 0 radical (unpaired) electrons. The van der Waals surface area contributed by atoms with Crippen molar-refractivity contribution in [1.82, 2.24) is 4.98 Å². The van der Waals surface area contributed by atoms with Gasteiger partial charge in [0.05, 0.1) is 21.6 Å². The Morgan fingerprint density at radius 1 is 1.41 bits per heavy atom. The summed E-state index contributed by atoms with van der Waals surface area (Å²) in [6.45, 7) is 4.40. The van der Waals surface area contributed by atoms with Gasteiger partial charge in [-0.2, -0.15) is 0 Å². The van der Waals surface area contributed by atoms with Gasteiger partial charge in [0, 0.05) is 6.04 Å². The van der Waals surface area contributed by atoms with Gasteiger partial charge in [-0.3, -0.25) is 0 Å². The molecule has 0 saturated heterocycles. The number of nitrogens with zero attached hydrogens (tertiary/aromatic N) is 1. The van der Waals surface area contributed by atoms with Gasteiger partial charge in [-0.05, 0) is 25.0 Å². The first-order valence-electron chi connectivity index (χ1n) is 6.14. The first kappa shape index (κ1) is 12.2. The Morgan fingerprint density at radius 2 is 2.24 bits per heavy atom. The number of nitrogens with one attached hydrogen (secondary N) is 1. The molecule has 2 aromatic rings. The second-order valence-corrected chi connectivity index (χ2v) is 5.15. The number of aromatic nitrogens is 1. The van der Waals surface area contributed by atoms with E-state index in [0.29, 0.717) is 6.04 Å². The zero-order chi connectivity index (χ0) is 12.3. The minimum atomic E-state index is 0.499. The van der Waals surface area contributed by atoms with Gasteiger partial charge in [-0.15, -0.1) is 11.3 Å². The third-order valence-corrected chi connectivity index (χ3v) is 3.83. The van der Waals surface area contributed by atoms with Crippen LogP contribution in [0.5, 0.6) is 0 Å². The molecule has 0 aliphatic carbocycles. The molecule has 17 heavy (non-hydrogen) atoms. The first-order chi connectivity index (χ1) is 8.26. The van der Waals surface area contributed by atoms with E-state index >= 15 is 0 Å². The molecule has 1 aromatic heterocycles. The molecule has 4 heteroatoms. The van der Waals surface area contributed by atoms with Gasteiger partial charge in [0.25, 0.3) is 0 Å². The van der Waals surface area contributed by atoms with E-state index in [1.807, 2.05) is 5.51 Å². The molecule has 92 valence electrons. The zero-order valence-electron chi connectivity index (χ0n) is 10.4. The molecule has 1 aromatic carbocycles. The third-order valence-electron chi connectivity index (χ3n) is 3.03. The second kappa shape index (κ2) is 5.36. The molecule has 0 aliphatic heterocycles. The van der Waals surface area contributed by atoms with Crippen LogP contribution < -0.4 is 11.1 Å². The van der Waals surface area contributed by atoms with E-state index in [-0.39, 0.29) is 0 Å². The SMILES string of the molecule is CCCC(CC)Nc1ccc2scnc2c1N. The van der Waals surface area contributed by atoms with Crippen LogP contribution in [0.4, 0.5) is 11.4 Å². The van der Waals surface area contributed by atoms with Gasteiger partial charge >= 0.3 is 0 Å². The Morgan fingerprint density at radius 3 is 2.94 bits per heavy atom. The second-order valence-electron chi connectivity index (χ2n) is 4.26. The van der Waals surface area contributed by atoms with Crippen molar-refractivity contribution >= 4 is 32.9 Å². The summed E-state index contributed by atoms with van der Waals surface area (Å²) >= 11 is 1.63. The molecule has 1 atom stereocenters. The molecule has 0 aliphatic rings. The molecule has 0 bridgehead atoms. The molecule has 0 saturated carbocycles. The maximum Gasteiger partial charge on any atom is 0.106 e. The predicted molar refractivity (Wildman–Crippen MR) is 76.6 cm³/mol. The van der Waals surface area contributed by atoms with Crippen LogP contribution in [0.1, 0.15) is 33.1 Å². The Kier molecular flexibility index (Phi) is 3.84. The molecular weight excluding hydrogens is 230 g/mol. The minimum absolute atomic E-state index is 0.499. The first-order valence-corrected chi connectivity index (χ1v) is 7.02. The van der Waals surface area contributed by atoms with Gasteiger partial charge in [0.2, 0.25) is 0 Å². The molecule has 0 spiro atoms. The van der Waals surface area contributed by atoms with Crippen molar-refractivity contribution in [2.75, 3.05) is 11.1 Å². The molecular formula is C13H19N3S. The number of hydrogen-bond donors (Lipinski definition) is 2. The fourth-order valence-electron chi connectivity index (χ4n) is 2.02. The van der Waals surface area contributed by atoms with Crippen LogP contribution in [-0.2, 0) is 0 Å². The Hall–Kier alpha value is -1.29. The van der Waals surface area contributed by atoms with Gasteiger partial charge in [0.1, 0.15) is 5.52 Å². The van der Waals surface area contributed by atoms with Gasteiger partial charge in [0.15, 0.2) is 0 Å². The van der Waals surface area contributed by atoms with Gasteiger partial charge in [-0.25, -0.2) is 4.98 Å². The molecule has 3 N–H and O–H groups in total. The molecule has 0 amide bonds. The van der Waals surface area contributed by atoms with E-state index in [0.717, 1.165) is 28.0 Å². The van der Waals surface area contributed by atoms with Crippen molar-refractivity contribution < 1.29 is 0 Å². The third kappa shape index (κ3) is 2.52. The number of anilines is 2. The predicted octanol–water partition coefficient (Wildman–Crippen LogP) is 3.87. The van der Waals surface area contributed by atoms with Crippen LogP contribution in [0.15, 0.2) is 17.6 Å². The molecule has 0 fully saturated rings. The summed E-state index contributed by atoms with van der Waals surface area (Å²) in [4.78, 5) is 4.31. The Balaban J connectivity index is 2.25. The highest BCUT2D eigenvalue weighted by molar-refractivity contribution is 7.16. The van der Waals surface area contributed by atoms with Crippen LogP contribution >= 0.6 is 11.3 Å². The normalized spacial score (nSPS) is 12.8. The summed E-state index contributed by atoms with van der Waals surface area (Å²) in [7, 11) is 0. The maximum atomic E-state index is 6.14. The smallest absolute Gasteiger partial charge is 0.106 e. The zero-order valence-corrected chi connectivity index (χ0v) is 11.2. The summed E-state index contributed by atoms with van der Waals surface area (Å²) in [5, 5.41) is 3.52. The van der Waals surface area contributed by atoms with Crippen LogP contribution in [0.2, 0.25) is 0 Å². The minimum Gasteiger partial charge on any atom is -0.395 e. The lowest BCUT2D eigenvalue weighted by atomic mass is 10.1. The highest BCUT2D eigenvalue weighted by Gasteiger charge is 2.10. The largest absolute Gasteiger partial charge is 0.395 e. The molecule has 1 heterocycles. The lowest BCUT2D eigenvalue weighted by Gasteiger charge is -2.18. The fraction of sp³-hybridized carbons (Fsp3) is 0.462. The van der Waals surface area contributed by atoms with E-state index in [9.17, 15) is 0 Å². The van der Waals surface area contributed by atoms with Crippen LogP contribution in [0.25, 0.3) is 10.2 Å². The van der Waals surface area contributed by atoms with Crippen molar-refractivity contribution in [3.8, 4) is 0 Å². The van der Waals surface area contributed by atoms with Crippen LogP contribution in [-0.4, -0.2) is 11.0 Å². The number of thiazole rings is 1. The summed E-state index contributed by atoms with van der Waals surface area (Å²) in [6, 6.07) is 4.65. The number of rotatable bonds is 5. The van der Waals surface area contributed by atoms with Gasteiger partial charge in [-0.1, -0.05) is 20.3 Å². The Labute approximate surface area is 106 Å². The highest BCUT2D eigenvalue weighted by atomic mass is 32.1. The van der Waals surface area contributed by atoms with E-state index in [4.69, 9.17) is 5.73 Å². The van der Waals surface area contributed by atoms with Crippen molar-refractivity contribution in [1.29, 1.82) is 0 Å². The van der Waals surface area contributed by atoms with E-state index in [1.54, 1.807) is 11.3 Å². The summed E-state index contributed by atoms with van der Waals surface area (Å²) in [5.74, 6) is 0. The molecule has 2 rings (SSSR count). The quantitative estimate of drug-likeness (QED) is 0.791. The van der Waals surface area contributed by atoms with Gasteiger partial charge < -0.3 is 11.1 Å². The van der Waals surface area contributed by atoms with Crippen LogP contribution in [0.3, 0.4) is 0 Å². The van der Waals surface area contributed by atoms with Crippen molar-refractivity contribution in [3.05, 3.63) is 17.6 Å². The molecule has 3 nitrogen and oxygen atoms in total. The standard InChI is InChI=1S/C13H19N3S/c1-3-5-9(4-2)16-10-6-7-11-13(12(10)14)15-8-17-11/h6-9,16H,3-5,14H2,1-2H3. The fourth-order valence-corrected chi connectivity index (χ4v) is 2.72. The summed E-state index contributed by atoms with van der Waals surface area (Å²) < 4.78 is 1.15. The van der Waals surface area contributed by atoms with Crippen LogP contribution in [0, 0.1) is 0 Å². The van der Waals surface area contributed by atoms with E-state index < -0.39 is 0 Å². The average Bonchev–Trinajstić information content (AvgIpc) is 2.80. The lowest BCUT2D eigenvalue weighted by molar-refractivity contribution is 0.623. The van der Waals surface area contributed by atoms with Crippen molar-refractivity contribution in [2.24, 2.45) is 0 Å². The lowest BCUT2D eigenvalue weighted by Crippen LogP contribution is -2.18. The molecule has 1 unspecified atom stereocenters. The number of benzene rings is 1. The number of nitrogens with two attached hydrogens (primary N) is 1. The van der Waals surface area contributed by atoms with Crippen molar-refractivity contribution in [2.45, 2.75) is 39.2 Å². The Bertz CT molecular complexity index is 492. The highest BCUT2D eigenvalue weighted by Crippen LogP contribution is 2.30. The number of nitrogen functional groups attached to an aromatic ring is 1. The number of fused-ring (bicyclic) bond motifs is 1. The topological polar surface area (TPSA) is 50.9 Å². The number of hydrogen-bond acceptors (Lipinski definition) is 4. The van der Waals surface area contributed by atoms with Crippen molar-refractivity contribution in [3.63, 3.8) is 0 Å².